The molecule has 0 aliphatic heterocycles. The molecular weight excluding hydrogens is 403 g/mol. The highest BCUT2D eigenvalue weighted by molar-refractivity contribution is 7.20. The summed E-state index contributed by atoms with van der Waals surface area (Å²) in [4.78, 5) is 17.2. The van der Waals surface area contributed by atoms with Crippen molar-refractivity contribution in [2.75, 3.05) is 12.4 Å². The summed E-state index contributed by atoms with van der Waals surface area (Å²) in [6.07, 6.45) is 0. The molecule has 2 aromatic heterocycles. The van der Waals surface area contributed by atoms with Gasteiger partial charge in [-0.05, 0) is 37.3 Å². The van der Waals surface area contributed by atoms with Crippen molar-refractivity contribution in [1.82, 2.24) is 14.8 Å². The van der Waals surface area contributed by atoms with Gasteiger partial charge in [0, 0.05) is 6.07 Å². The Kier molecular flexibility index (Phi) is 4.74. The number of hydrogen-bond donors (Lipinski definition) is 1. The Morgan fingerprint density at radius 1 is 1.29 bits per heavy atom. The van der Waals surface area contributed by atoms with Crippen molar-refractivity contribution >= 4 is 44.9 Å². The van der Waals surface area contributed by atoms with E-state index in [0.29, 0.717) is 16.6 Å². The zero-order chi connectivity index (χ0) is 19.8. The van der Waals surface area contributed by atoms with Gasteiger partial charge in [0.25, 0.3) is 5.91 Å². The first kappa shape index (κ1) is 18.4. The first-order valence-electron chi connectivity index (χ1n) is 8.23. The summed E-state index contributed by atoms with van der Waals surface area (Å²) in [6, 6.07) is 11.3. The van der Waals surface area contributed by atoms with Gasteiger partial charge in [0.15, 0.2) is 0 Å². The minimum atomic E-state index is -0.695. The zero-order valence-corrected chi connectivity index (χ0v) is 16.4. The van der Waals surface area contributed by atoms with E-state index in [0.717, 1.165) is 16.0 Å². The summed E-state index contributed by atoms with van der Waals surface area (Å²) in [5.41, 5.74) is 1.23. The minimum absolute atomic E-state index is 0.0346. The molecule has 0 saturated heterocycles. The van der Waals surface area contributed by atoms with Crippen molar-refractivity contribution in [3.8, 4) is 10.9 Å². The first-order valence-corrected chi connectivity index (χ1v) is 9.42. The molecule has 0 aliphatic carbocycles. The molecule has 1 amide bonds. The molecule has 9 heteroatoms. The van der Waals surface area contributed by atoms with Gasteiger partial charge in [-0.1, -0.05) is 29.0 Å². The number of ether oxygens (including phenoxy) is 1. The van der Waals surface area contributed by atoms with Crippen LogP contribution in [-0.4, -0.2) is 27.8 Å². The quantitative estimate of drug-likeness (QED) is 0.516. The SMILES string of the molecule is COc1ccc2nc(-n3nc(C)cc3NC(=O)c3c(F)cccc3Cl)sc2c1. The number of methoxy groups -OCH3 is 1. The Hall–Kier alpha value is -2.97. The number of carbonyl (C=O) groups is 1. The number of halogens is 2. The van der Waals surface area contributed by atoms with Crippen LogP contribution in [0.25, 0.3) is 15.3 Å². The number of fused-ring (bicyclic) bond motifs is 1. The lowest BCUT2D eigenvalue weighted by atomic mass is 10.2. The van der Waals surface area contributed by atoms with E-state index >= 15 is 0 Å². The van der Waals surface area contributed by atoms with E-state index in [1.165, 1.54) is 34.2 Å². The normalized spacial score (nSPS) is 11.0. The Bertz CT molecular complexity index is 1180. The van der Waals surface area contributed by atoms with Crippen LogP contribution in [0.5, 0.6) is 5.75 Å². The van der Waals surface area contributed by atoms with Crippen LogP contribution >= 0.6 is 22.9 Å². The molecule has 0 aliphatic rings. The number of rotatable bonds is 4. The van der Waals surface area contributed by atoms with E-state index in [2.05, 4.69) is 15.4 Å². The third-order valence-corrected chi connectivity index (χ3v) is 5.34. The molecule has 0 radical (unpaired) electrons. The summed E-state index contributed by atoms with van der Waals surface area (Å²) >= 11 is 7.38. The van der Waals surface area contributed by atoms with Gasteiger partial charge in [-0.3, -0.25) is 4.79 Å². The summed E-state index contributed by atoms with van der Waals surface area (Å²) in [5.74, 6) is -0.262. The van der Waals surface area contributed by atoms with Gasteiger partial charge in [-0.2, -0.15) is 9.78 Å². The molecule has 0 spiro atoms. The van der Waals surface area contributed by atoms with E-state index in [1.807, 2.05) is 18.2 Å². The number of nitrogens with one attached hydrogen (secondary N) is 1. The average molecular weight is 417 g/mol. The van der Waals surface area contributed by atoms with Crippen LogP contribution in [-0.2, 0) is 0 Å². The van der Waals surface area contributed by atoms with E-state index in [1.54, 1.807) is 20.1 Å². The van der Waals surface area contributed by atoms with Gasteiger partial charge in [0.1, 0.15) is 17.4 Å². The van der Waals surface area contributed by atoms with Crippen LogP contribution in [0.2, 0.25) is 5.02 Å². The van der Waals surface area contributed by atoms with Crippen molar-refractivity contribution in [2.24, 2.45) is 0 Å². The Morgan fingerprint density at radius 3 is 2.86 bits per heavy atom. The molecule has 0 unspecified atom stereocenters. The van der Waals surface area contributed by atoms with Crippen LogP contribution in [0.15, 0.2) is 42.5 Å². The average Bonchev–Trinajstić information content (AvgIpc) is 3.23. The van der Waals surface area contributed by atoms with E-state index in [4.69, 9.17) is 16.3 Å². The molecule has 2 aromatic carbocycles. The molecule has 4 rings (SSSR count). The van der Waals surface area contributed by atoms with Crippen LogP contribution < -0.4 is 10.1 Å². The number of amides is 1. The molecule has 28 heavy (non-hydrogen) atoms. The van der Waals surface area contributed by atoms with Gasteiger partial charge in [-0.15, -0.1) is 0 Å². The molecule has 1 N–H and O–H groups in total. The number of carbonyl (C=O) groups excluding carboxylic acids is 1. The number of aromatic nitrogens is 3. The fourth-order valence-corrected chi connectivity index (χ4v) is 3.95. The monoisotopic (exact) mass is 416 g/mol. The number of thiazole rings is 1. The molecule has 0 bridgehead atoms. The number of nitrogens with zero attached hydrogens (tertiary/aromatic N) is 3. The number of aryl methyl sites for hydroxylation is 1. The summed E-state index contributed by atoms with van der Waals surface area (Å²) in [7, 11) is 1.60. The van der Waals surface area contributed by atoms with E-state index < -0.39 is 11.7 Å². The Labute approximate surface area is 168 Å². The highest BCUT2D eigenvalue weighted by Gasteiger charge is 2.19. The van der Waals surface area contributed by atoms with Gasteiger partial charge in [-0.25, -0.2) is 9.37 Å². The summed E-state index contributed by atoms with van der Waals surface area (Å²) in [6.45, 7) is 1.79. The van der Waals surface area contributed by atoms with Gasteiger partial charge >= 0.3 is 0 Å². The molecule has 2 heterocycles. The smallest absolute Gasteiger partial charge is 0.261 e. The van der Waals surface area contributed by atoms with Crippen LogP contribution in [0, 0.1) is 12.7 Å². The topological polar surface area (TPSA) is 69.0 Å². The number of hydrogen-bond acceptors (Lipinski definition) is 5. The van der Waals surface area contributed by atoms with Gasteiger partial charge in [0.2, 0.25) is 5.13 Å². The fraction of sp³-hybridized carbons (Fsp3) is 0.105. The number of anilines is 1. The Balaban J connectivity index is 1.72. The minimum Gasteiger partial charge on any atom is -0.497 e. The predicted molar refractivity (Wildman–Crippen MR) is 107 cm³/mol. The second kappa shape index (κ2) is 7.21. The van der Waals surface area contributed by atoms with Gasteiger partial charge < -0.3 is 10.1 Å². The van der Waals surface area contributed by atoms with Crippen molar-refractivity contribution in [2.45, 2.75) is 6.92 Å². The van der Waals surface area contributed by atoms with Crippen molar-refractivity contribution in [1.29, 1.82) is 0 Å². The molecule has 0 fully saturated rings. The largest absolute Gasteiger partial charge is 0.497 e. The highest BCUT2D eigenvalue weighted by atomic mass is 35.5. The molecule has 4 aromatic rings. The lowest BCUT2D eigenvalue weighted by molar-refractivity contribution is 0.102. The predicted octanol–water partition coefficient (Wildman–Crippen LogP) is 4.84. The maximum atomic E-state index is 14.1. The second-order valence-corrected chi connectivity index (χ2v) is 7.38. The summed E-state index contributed by atoms with van der Waals surface area (Å²) < 4.78 is 21.7. The first-order chi connectivity index (χ1) is 13.5. The molecule has 0 atom stereocenters. The third kappa shape index (κ3) is 3.32. The number of benzene rings is 2. The fourth-order valence-electron chi connectivity index (χ4n) is 2.74. The zero-order valence-electron chi connectivity index (χ0n) is 14.9. The molecular formula is C19H14ClFN4O2S. The van der Waals surface area contributed by atoms with Gasteiger partial charge in [0.05, 0.1) is 33.6 Å². The van der Waals surface area contributed by atoms with Crippen LogP contribution in [0.1, 0.15) is 16.1 Å². The lowest BCUT2D eigenvalue weighted by Crippen LogP contribution is -2.17. The van der Waals surface area contributed by atoms with Crippen molar-refractivity contribution in [3.63, 3.8) is 0 Å². The van der Waals surface area contributed by atoms with Crippen molar-refractivity contribution < 1.29 is 13.9 Å². The van der Waals surface area contributed by atoms with E-state index in [9.17, 15) is 9.18 Å². The van der Waals surface area contributed by atoms with Crippen LogP contribution in [0.3, 0.4) is 0 Å². The Morgan fingerprint density at radius 2 is 2.11 bits per heavy atom. The van der Waals surface area contributed by atoms with Crippen LogP contribution in [0.4, 0.5) is 10.2 Å². The maximum Gasteiger partial charge on any atom is 0.261 e. The molecule has 142 valence electrons. The van der Waals surface area contributed by atoms with E-state index in [-0.39, 0.29) is 10.6 Å². The summed E-state index contributed by atoms with van der Waals surface area (Å²) in [5, 5.41) is 7.67. The second-order valence-electron chi connectivity index (χ2n) is 5.96. The molecule has 6 nitrogen and oxygen atoms in total. The third-order valence-electron chi connectivity index (χ3n) is 4.03. The molecule has 0 saturated carbocycles. The van der Waals surface area contributed by atoms with Crippen molar-refractivity contribution in [3.05, 3.63) is 64.6 Å². The lowest BCUT2D eigenvalue weighted by Gasteiger charge is -2.08. The highest BCUT2D eigenvalue weighted by Crippen LogP contribution is 2.30. The standard InChI is InChI=1S/C19H14ClFN4O2S/c1-10-8-16(23-18(26)17-12(20)4-3-5-13(17)21)25(24-10)19-22-14-7-6-11(27-2)9-15(14)28-19/h3-9H,1-2H3,(H,23,26). The maximum absolute atomic E-state index is 14.1.